The zero-order valence-corrected chi connectivity index (χ0v) is 45.3. The van der Waals surface area contributed by atoms with Gasteiger partial charge in [0.05, 0.1) is 25.6 Å². The van der Waals surface area contributed by atoms with Crippen molar-refractivity contribution in [2.75, 3.05) is 85.8 Å². The van der Waals surface area contributed by atoms with E-state index in [1.165, 1.54) is 50.5 Å². The molecule has 0 spiro atoms. The monoisotopic (exact) mass is 984 g/mol. The summed E-state index contributed by atoms with van der Waals surface area (Å²) in [5.74, 6) is 2.15. The molecule has 402 valence electrons. The van der Waals surface area contributed by atoms with Gasteiger partial charge in [-0.3, -0.25) is 19.2 Å². The lowest BCUT2D eigenvalue weighted by atomic mass is 9.47. The van der Waals surface area contributed by atoms with Crippen molar-refractivity contribution < 1.29 is 33.4 Å². The molecule has 3 saturated carbocycles. The van der Waals surface area contributed by atoms with Gasteiger partial charge >= 0.3 is 5.97 Å². The van der Waals surface area contributed by atoms with Gasteiger partial charge in [0.15, 0.2) is 0 Å². The summed E-state index contributed by atoms with van der Waals surface area (Å²) in [7, 11) is 1.64. The third-order valence-electron chi connectivity index (χ3n) is 17.3. The van der Waals surface area contributed by atoms with Gasteiger partial charge in [-0.15, -0.1) is 0 Å². The van der Waals surface area contributed by atoms with Crippen LogP contribution in [0.2, 0.25) is 0 Å². The fraction of sp³-hybridized carbons (Fsp3) is 0.857. The average Bonchev–Trinajstić information content (AvgIpc) is 3.67. The SMILES string of the molecule is C=C(NCCCOCCOC)C(CC(=O)NCCNCCN)CC(C)(C)C(=O)CC(CC(=O)O[C@H]1CC[C@@]2(C)C(=CCC3C4CCC([C@H](C)CCCC(C)C)[C@@]4(C)CCC32)C1)C(=O)NCCNCCN. The lowest BCUT2D eigenvalue weighted by molar-refractivity contribution is -0.154. The number of fused-ring (bicyclic) bond motifs is 5. The van der Waals surface area contributed by atoms with Crippen LogP contribution in [0, 0.1) is 63.6 Å². The van der Waals surface area contributed by atoms with Crippen LogP contribution in [-0.4, -0.2) is 116 Å². The van der Waals surface area contributed by atoms with Crippen LogP contribution in [0.1, 0.15) is 151 Å². The van der Waals surface area contributed by atoms with Gasteiger partial charge in [0.1, 0.15) is 11.9 Å². The molecule has 0 aromatic rings. The molecular formula is C56H101N7O7. The lowest BCUT2D eigenvalue weighted by Crippen LogP contribution is -2.51. The van der Waals surface area contributed by atoms with Crippen molar-refractivity contribution >= 4 is 23.6 Å². The van der Waals surface area contributed by atoms with Crippen molar-refractivity contribution in [3.05, 3.63) is 23.9 Å². The van der Waals surface area contributed by atoms with Crippen LogP contribution in [0.3, 0.4) is 0 Å². The summed E-state index contributed by atoms with van der Waals surface area (Å²) in [4.78, 5) is 55.5. The molecule has 4 aliphatic rings. The maximum absolute atomic E-state index is 14.4. The van der Waals surface area contributed by atoms with Crippen molar-refractivity contribution in [2.45, 2.75) is 157 Å². The Hall–Kier alpha value is -2.88. The molecule has 14 heteroatoms. The van der Waals surface area contributed by atoms with Crippen LogP contribution in [0.5, 0.6) is 0 Å². The summed E-state index contributed by atoms with van der Waals surface area (Å²) < 4.78 is 17.0. The molecule has 70 heavy (non-hydrogen) atoms. The van der Waals surface area contributed by atoms with Gasteiger partial charge in [0.2, 0.25) is 11.8 Å². The molecule has 0 bridgehead atoms. The Balaban J connectivity index is 1.40. The molecule has 0 saturated heterocycles. The maximum atomic E-state index is 14.4. The van der Waals surface area contributed by atoms with Crippen LogP contribution < -0.4 is 38.1 Å². The summed E-state index contributed by atoms with van der Waals surface area (Å²) in [6.45, 7) is 26.7. The van der Waals surface area contributed by atoms with Gasteiger partial charge in [0.25, 0.3) is 0 Å². The third kappa shape index (κ3) is 17.7. The molecule has 14 nitrogen and oxygen atoms in total. The van der Waals surface area contributed by atoms with Crippen molar-refractivity contribution in [3.63, 3.8) is 0 Å². The standard InChI is InChI=1S/C56H101N7O7/c1-39(2)12-10-13-40(3)47-16-17-48-46-15-14-44-37-45(18-20-55(44,7)49(46)19-21-56(47,48)8)70-52(66)36-42(53(67)63-30-28-60-26-23-58)34-50(64)54(5,6)38-43(35-51(65)62-29-27-59-25-22-57)41(4)61-24-11-31-69-33-32-68-9/h14,39-40,42-43,45-49,59-61H,4,10-13,15-38,57-58H2,1-3,5-9H3,(H,62,65)(H,63,67)/t40-,42?,43?,45+,46?,47?,48?,49?,55+,56-/m1/s1. The topological polar surface area (TPSA) is 208 Å². The first kappa shape index (κ1) is 59.7. The van der Waals surface area contributed by atoms with E-state index in [4.69, 9.17) is 25.7 Å². The number of ketones is 1. The number of methoxy groups -OCH3 is 1. The molecule has 9 N–H and O–H groups in total. The first-order valence-corrected chi connectivity index (χ1v) is 27.7. The fourth-order valence-electron chi connectivity index (χ4n) is 13.3. The van der Waals surface area contributed by atoms with Crippen molar-refractivity contribution in [1.82, 2.24) is 26.6 Å². The predicted octanol–water partition coefficient (Wildman–Crippen LogP) is 6.81. The molecule has 0 heterocycles. The number of rotatable bonds is 35. The minimum atomic E-state index is -0.951. The van der Waals surface area contributed by atoms with Gasteiger partial charge < -0.3 is 52.3 Å². The Kier molecular flexibility index (Phi) is 25.3. The van der Waals surface area contributed by atoms with Crippen molar-refractivity contribution in [2.24, 2.45) is 75.1 Å². The number of carbonyl (C=O) groups is 4. The number of hydrogen-bond acceptors (Lipinski definition) is 12. The molecule has 4 rings (SSSR count). The molecule has 0 radical (unpaired) electrons. The van der Waals surface area contributed by atoms with Gasteiger partial charge in [-0.25, -0.2) is 0 Å². The zero-order valence-electron chi connectivity index (χ0n) is 45.3. The number of Topliss-reactive ketones (excluding diaryl/α,β-unsaturated/α-hetero) is 1. The van der Waals surface area contributed by atoms with E-state index >= 15 is 0 Å². The van der Waals surface area contributed by atoms with Crippen molar-refractivity contribution in [3.8, 4) is 0 Å². The molecule has 0 aromatic heterocycles. The van der Waals surface area contributed by atoms with Crippen LogP contribution in [0.25, 0.3) is 0 Å². The average molecular weight is 984 g/mol. The van der Waals surface area contributed by atoms with E-state index in [1.807, 2.05) is 13.8 Å². The smallest absolute Gasteiger partial charge is 0.306 e. The minimum absolute atomic E-state index is 0.117. The maximum Gasteiger partial charge on any atom is 0.306 e. The molecule has 10 atom stereocenters. The number of amides is 2. The van der Waals surface area contributed by atoms with Gasteiger partial charge in [-0.2, -0.15) is 0 Å². The van der Waals surface area contributed by atoms with E-state index in [1.54, 1.807) is 7.11 Å². The Morgan fingerprint density at radius 1 is 0.786 bits per heavy atom. The summed E-state index contributed by atoms with van der Waals surface area (Å²) in [6, 6.07) is 0. The molecule has 6 unspecified atom stereocenters. The first-order valence-electron chi connectivity index (χ1n) is 27.7. The number of ether oxygens (including phenoxy) is 3. The highest BCUT2D eigenvalue weighted by Crippen LogP contribution is 2.67. The lowest BCUT2D eigenvalue weighted by Gasteiger charge is -2.58. The van der Waals surface area contributed by atoms with E-state index in [2.05, 4.69) is 73.9 Å². The van der Waals surface area contributed by atoms with E-state index in [0.29, 0.717) is 102 Å². The first-order chi connectivity index (χ1) is 33.4. The Labute approximate surface area is 424 Å². The van der Waals surface area contributed by atoms with E-state index in [9.17, 15) is 19.2 Å². The molecule has 4 aliphatic carbocycles. The van der Waals surface area contributed by atoms with Gasteiger partial charge in [0, 0.05) is 109 Å². The zero-order chi connectivity index (χ0) is 51.3. The number of nitrogens with two attached hydrogens (primary N) is 2. The van der Waals surface area contributed by atoms with E-state index in [0.717, 1.165) is 61.7 Å². The second kappa shape index (κ2) is 29.7. The number of carbonyl (C=O) groups excluding carboxylic acids is 4. The van der Waals surface area contributed by atoms with Gasteiger partial charge in [-0.1, -0.05) is 86.0 Å². The van der Waals surface area contributed by atoms with Crippen LogP contribution >= 0.6 is 0 Å². The largest absolute Gasteiger partial charge is 0.462 e. The normalized spacial score (nSPS) is 26.5. The molecule has 0 aromatic carbocycles. The van der Waals surface area contributed by atoms with Crippen LogP contribution in [0.15, 0.2) is 23.9 Å². The predicted molar refractivity (Wildman–Crippen MR) is 281 cm³/mol. The highest BCUT2D eigenvalue weighted by atomic mass is 16.5. The summed E-state index contributed by atoms with van der Waals surface area (Å²) in [5, 5.41) is 15.7. The number of allylic oxidation sites excluding steroid dienone is 2. The Morgan fingerprint density at radius 2 is 1.50 bits per heavy atom. The molecular weight excluding hydrogens is 883 g/mol. The highest BCUT2D eigenvalue weighted by Gasteiger charge is 2.59. The quantitative estimate of drug-likeness (QED) is 0.0199. The Bertz CT molecular complexity index is 1670. The highest BCUT2D eigenvalue weighted by molar-refractivity contribution is 5.92. The summed E-state index contributed by atoms with van der Waals surface area (Å²) >= 11 is 0. The second-order valence-electron chi connectivity index (χ2n) is 23.3. The third-order valence-corrected chi connectivity index (χ3v) is 17.3. The molecule has 2 amide bonds. The van der Waals surface area contributed by atoms with Crippen molar-refractivity contribution in [1.29, 1.82) is 0 Å². The summed E-state index contributed by atoms with van der Waals surface area (Å²) in [6.07, 6.45) is 16.1. The number of esters is 1. The van der Waals surface area contributed by atoms with Crippen LogP contribution in [0.4, 0.5) is 0 Å². The number of nitrogens with one attached hydrogen (secondary N) is 5. The van der Waals surface area contributed by atoms with Crippen LogP contribution in [-0.2, 0) is 33.4 Å². The fourth-order valence-corrected chi connectivity index (χ4v) is 13.3. The molecule has 0 aliphatic heterocycles. The Morgan fingerprint density at radius 3 is 2.19 bits per heavy atom. The minimum Gasteiger partial charge on any atom is -0.462 e. The second-order valence-corrected chi connectivity index (χ2v) is 23.3. The van der Waals surface area contributed by atoms with E-state index in [-0.39, 0.29) is 54.3 Å². The van der Waals surface area contributed by atoms with E-state index < -0.39 is 17.3 Å². The summed E-state index contributed by atoms with van der Waals surface area (Å²) in [5.41, 5.74) is 13.0. The number of hydrogen-bond donors (Lipinski definition) is 7. The van der Waals surface area contributed by atoms with Gasteiger partial charge in [-0.05, 0) is 104 Å². The molecule has 3 fully saturated rings.